The van der Waals surface area contributed by atoms with Gasteiger partial charge in [-0.05, 0) is 36.3 Å². The van der Waals surface area contributed by atoms with Crippen LogP contribution in [0.1, 0.15) is 30.4 Å². The molecule has 5 heteroatoms. The molecule has 2 heterocycles. The average Bonchev–Trinajstić information content (AvgIpc) is 2.78. The van der Waals surface area contributed by atoms with Gasteiger partial charge in [0.05, 0.1) is 12.5 Å². The molecule has 0 aromatic heterocycles. The summed E-state index contributed by atoms with van der Waals surface area (Å²) < 4.78 is 0. The maximum Gasteiger partial charge on any atom is 0.237 e. The highest BCUT2D eigenvalue weighted by Crippen LogP contribution is 2.23. The van der Waals surface area contributed by atoms with Crippen molar-refractivity contribution in [2.45, 2.75) is 38.3 Å². The zero-order chi connectivity index (χ0) is 20.8. The van der Waals surface area contributed by atoms with Crippen LogP contribution in [0.3, 0.4) is 0 Å². The molecule has 0 saturated carbocycles. The number of carbonyl (C=O) groups excluding carboxylic acids is 2. The second-order valence-electron chi connectivity index (χ2n) is 8.48. The lowest BCUT2D eigenvalue weighted by molar-refractivity contribution is -0.140. The minimum Gasteiger partial charge on any atom is -0.353 e. The zero-order valence-corrected chi connectivity index (χ0v) is 17.5. The van der Waals surface area contributed by atoms with E-state index in [0.29, 0.717) is 19.0 Å². The number of piperidine rings is 1. The summed E-state index contributed by atoms with van der Waals surface area (Å²) in [6.07, 6.45) is 3.41. The Bertz CT molecular complexity index is 832. The van der Waals surface area contributed by atoms with Crippen molar-refractivity contribution >= 4 is 11.8 Å². The van der Waals surface area contributed by atoms with Crippen LogP contribution in [0, 0.1) is 5.92 Å². The van der Waals surface area contributed by atoms with Gasteiger partial charge in [0.2, 0.25) is 11.8 Å². The Labute approximate surface area is 179 Å². The van der Waals surface area contributed by atoms with Crippen LogP contribution >= 0.6 is 0 Å². The quantitative estimate of drug-likeness (QED) is 0.804. The molecule has 2 aliphatic rings. The summed E-state index contributed by atoms with van der Waals surface area (Å²) in [6.45, 7) is 3.71. The van der Waals surface area contributed by atoms with E-state index < -0.39 is 0 Å². The molecule has 2 saturated heterocycles. The molecule has 0 bridgehead atoms. The van der Waals surface area contributed by atoms with Crippen molar-refractivity contribution in [2.24, 2.45) is 5.92 Å². The monoisotopic (exact) mass is 405 g/mol. The number of hydrogen-bond donors (Lipinski definition) is 1. The molecular formula is C25H31N3O2. The van der Waals surface area contributed by atoms with E-state index in [1.54, 1.807) is 0 Å². The fourth-order valence-electron chi connectivity index (χ4n) is 4.62. The number of benzene rings is 2. The van der Waals surface area contributed by atoms with Gasteiger partial charge in [-0.3, -0.25) is 14.5 Å². The SMILES string of the molecule is O=C1NCCN(Cc2ccccc2)[C@H]1CC(=O)N1CCC(Cc2ccccc2)CC1. The van der Waals surface area contributed by atoms with Crippen LogP contribution in [-0.2, 0) is 22.6 Å². The van der Waals surface area contributed by atoms with Crippen LogP contribution in [-0.4, -0.2) is 53.8 Å². The molecule has 2 fully saturated rings. The van der Waals surface area contributed by atoms with Crippen molar-refractivity contribution in [3.63, 3.8) is 0 Å². The van der Waals surface area contributed by atoms with E-state index in [1.807, 2.05) is 29.2 Å². The largest absolute Gasteiger partial charge is 0.353 e. The molecule has 5 nitrogen and oxygen atoms in total. The molecule has 2 aromatic carbocycles. The summed E-state index contributed by atoms with van der Waals surface area (Å²) in [5.74, 6) is 0.710. The number of piperazine rings is 1. The van der Waals surface area contributed by atoms with E-state index in [-0.39, 0.29) is 24.3 Å². The van der Waals surface area contributed by atoms with Gasteiger partial charge in [0, 0.05) is 32.7 Å². The predicted molar refractivity (Wildman–Crippen MR) is 118 cm³/mol. The zero-order valence-electron chi connectivity index (χ0n) is 17.5. The van der Waals surface area contributed by atoms with Crippen molar-refractivity contribution in [2.75, 3.05) is 26.2 Å². The first kappa shape index (κ1) is 20.6. The minimum absolute atomic E-state index is 0.0236. The van der Waals surface area contributed by atoms with Crippen LogP contribution in [0.5, 0.6) is 0 Å². The first-order chi connectivity index (χ1) is 14.7. The lowest BCUT2D eigenvalue weighted by Gasteiger charge is -2.37. The van der Waals surface area contributed by atoms with Crippen LogP contribution in [0.25, 0.3) is 0 Å². The Balaban J connectivity index is 1.31. The molecule has 158 valence electrons. The molecule has 30 heavy (non-hydrogen) atoms. The van der Waals surface area contributed by atoms with Gasteiger partial charge < -0.3 is 10.2 Å². The number of hydrogen-bond acceptors (Lipinski definition) is 3. The summed E-state index contributed by atoms with van der Waals surface area (Å²) >= 11 is 0. The third-order valence-electron chi connectivity index (χ3n) is 6.37. The molecule has 0 unspecified atom stereocenters. The van der Waals surface area contributed by atoms with Gasteiger partial charge in [-0.25, -0.2) is 0 Å². The van der Waals surface area contributed by atoms with Crippen molar-refractivity contribution in [3.05, 3.63) is 71.8 Å². The predicted octanol–water partition coefficient (Wildman–Crippen LogP) is 2.86. The second-order valence-corrected chi connectivity index (χ2v) is 8.48. The molecule has 1 N–H and O–H groups in total. The van der Waals surface area contributed by atoms with E-state index in [2.05, 4.69) is 46.6 Å². The third-order valence-corrected chi connectivity index (χ3v) is 6.37. The van der Waals surface area contributed by atoms with Gasteiger partial charge in [0.25, 0.3) is 0 Å². The fraction of sp³-hybridized carbons (Fsp3) is 0.440. The summed E-state index contributed by atoms with van der Waals surface area (Å²) in [6, 6.07) is 20.4. The standard InChI is InChI=1S/C25H31N3O2/c29-24(27-14-11-21(12-15-27)17-20-7-3-1-4-8-20)18-23-25(30)26-13-16-28(23)19-22-9-5-2-6-10-22/h1-10,21,23H,11-19H2,(H,26,30)/t23-/m0/s1. The molecular weight excluding hydrogens is 374 g/mol. The van der Waals surface area contributed by atoms with Crippen LogP contribution in [0.15, 0.2) is 60.7 Å². The van der Waals surface area contributed by atoms with E-state index in [9.17, 15) is 9.59 Å². The molecule has 2 amide bonds. The maximum absolute atomic E-state index is 13.0. The van der Waals surface area contributed by atoms with E-state index in [1.165, 1.54) is 11.1 Å². The van der Waals surface area contributed by atoms with Gasteiger partial charge >= 0.3 is 0 Å². The van der Waals surface area contributed by atoms with E-state index in [4.69, 9.17) is 0 Å². The van der Waals surface area contributed by atoms with Crippen molar-refractivity contribution in [3.8, 4) is 0 Å². The molecule has 1 atom stereocenters. The van der Waals surface area contributed by atoms with Gasteiger partial charge in [0.15, 0.2) is 0 Å². The van der Waals surface area contributed by atoms with E-state index >= 15 is 0 Å². The number of rotatable bonds is 6. The van der Waals surface area contributed by atoms with Crippen molar-refractivity contribution < 1.29 is 9.59 Å². The highest BCUT2D eigenvalue weighted by Gasteiger charge is 2.33. The maximum atomic E-state index is 13.0. The number of nitrogens with one attached hydrogen (secondary N) is 1. The second kappa shape index (κ2) is 9.90. The number of carbonyl (C=O) groups is 2. The van der Waals surface area contributed by atoms with Crippen LogP contribution in [0.4, 0.5) is 0 Å². The molecule has 0 spiro atoms. The van der Waals surface area contributed by atoms with Gasteiger partial charge in [-0.15, -0.1) is 0 Å². The summed E-state index contributed by atoms with van der Waals surface area (Å²) in [5, 5.41) is 2.94. The topological polar surface area (TPSA) is 52.7 Å². The Morgan fingerprint density at radius 1 is 0.900 bits per heavy atom. The lowest BCUT2D eigenvalue weighted by Crippen LogP contribution is -2.56. The smallest absolute Gasteiger partial charge is 0.237 e. The summed E-state index contributed by atoms with van der Waals surface area (Å²) in [5.41, 5.74) is 2.55. The molecule has 2 aromatic rings. The fourth-order valence-corrected chi connectivity index (χ4v) is 4.62. The highest BCUT2D eigenvalue weighted by atomic mass is 16.2. The highest BCUT2D eigenvalue weighted by molar-refractivity contribution is 5.88. The summed E-state index contributed by atoms with van der Waals surface area (Å²) in [7, 11) is 0. The number of nitrogens with zero attached hydrogens (tertiary/aromatic N) is 2. The van der Waals surface area contributed by atoms with Gasteiger partial charge in [0.1, 0.15) is 0 Å². The normalized spacial score (nSPS) is 20.7. The Morgan fingerprint density at radius 3 is 2.20 bits per heavy atom. The Morgan fingerprint density at radius 2 is 1.53 bits per heavy atom. The van der Waals surface area contributed by atoms with Crippen molar-refractivity contribution in [1.82, 2.24) is 15.1 Å². The van der Waals surface area contributed by atoms with Gasteiger partial charge in [-0.1, -0.05) is 60.7 Å². The lowest BCUT2D eigenvalue weighted by atomic mass is 9.90. The number of amides is 2. The molecule has 2 aliphatic heterocycles. The Hall–Kier alpha value is -2.66. The average molecular weight is 406 g/mol. The van der Waals surface area contributed by atoms with Gasteiger partial charge in [-0.2, -0.15) is 0 Å². The number of likely N-dealkylation sites (tertiary alicyclic amines) is 1. The van der Waals surface area contributed by atoms with E-state index in [0.717, 1.165) is 38.9 Å². The molecule has 0 aliphatic carbocycles. The van der Waals surface area contributed by atoms with Crippen LogP contribution in [0.2, 0.25) is 0 Å². The Kier molecular flexibility index (Phi) is 6.80. The minimum atomic E-state index is -0.381. The van der Waals surface area contributed by atoms with Crippen molar-refractivity contribution in [1.29, 1.82) is 0 Å². The molecule has 0 radical (unpaired) electrons. The molecule has 4 rings (SSSR count). The first-order valence-electron chi connectivity index (χ1n) is 11.1. The first-order valence-corrected chi connectivity index (χ1v) is 11.1. The van der Waals surface area contributed by atoms with Crippen LogP contribution < -0.4 is 5.32 Å². The summed E-state index contributed by atoms with van der Waals surface area (Å²) in [4.78, 5) is 29.6. The third kappa shape index (κ3) is 5.28.